The molecule has 1 atom stereocenters. The van der Waals surface area contributed by atoms with Crippen molar-refractivity contribution in [3.05, 3.63) is 29.8 Å². The van der Waals surface area contributed by atoms with Crippen LogP contribution in [-0.4, -0.2) is 54.7 Å². The van der Waals surface area contributed by atoms with Crippen molar-refractivity contribution < 1.29 is 19.2 Å². The van der Waals surface area contributed by atoms with Crippen LogP contribution in [0.4, 0.5) is 5.69 Å². The van der Waals surface area contributed by atoms with Gasteiger partial charge in [-0.3, -0.25) is 19.2 Å². The highest BCUT2D eigenvalue weighted by Gasteiger charge is 2.37. The van der Waals surface area contributed by atoms with E-state index in [4.69, 9.17) is 5.73 Å². The van der Waals surface area contributed by atoms with Crippen LogP contribution in [-0.2, 0) is 25.6 Å². The molecule has 0 aliphatic carbocycles. The highest BCUT2D eigenvalue weighted by atomic mass is 16.2. The summed E-state index contributed by atoms with van der Waals surface area (Å²) in [5, 5.41) is 2.64. The number of para-hydroxylation sites is 1. The number of primary amides is 1. The number of hydrogen-bond acceptors (Lipinski definition) is 4. The first-order valence-corrected chi connectivity index (χ1v) is 7.70. The first-order valence-electron chi connectivity index (χ1n) is 7.70. The van der Waals surface area contributed by atoms with Crippen LogP contribution < -0.4 is 16.0 Å². The Morgan fingerprint density at radius 3 is 2.71 bits per heavy atom. The van der Waals surface area contributed by atoms with Crippen LogP contribution in [0.15, 0.2) is 24.3 Å². The van der Waals surface area contributed by atoms with Crippen LogP contribution in [0.1, 0.15) is 5.56 Å². The van der Waals surface area contributed by atoms with Crippen molar-refractivity contribution in [2.45, 2.75) is 6.42 Å². The van der Waals surface area contributed by atoms with Crippen LogP contribution in [0.25, 0.3) is 0 Å². The van der Waals surface area contributed by atoms with Crippen molar-refractivity contribution in [1.82, 2.24) is 10.2 Å². The normalized spacial score (nSPS) is 20.4. The molecule has 1 aromatic rings. The van der Waals surface area contributed by atoms with Gasteiger partial charge in [-0.1, -0.05) is 18.2 Å². The second kappa shape index (κ2) is 6.31. The third kappa shape index (κ3) is 2.94. The fourth-order valence-corrected chi connectivity index (χ4v) is 3.03. The lowest BCUT2D eigenvalue weighted by Gasteiger charge is -2.34. The highest BCUT2D eigenvalue weighted by Crippen LogP contribution is 2.30. The van der Waals surface area contributed by atoms with E-state index in [1.165, 1.54) is 9.80 Å². The summed E-state index contributed by atoms with van der Waals surface area (Å²) >= 11 is 0. The fraction of sp³-hybridized carbons (Fsp3) is 0.375. The molecular formula is C16H18N4O4. The molecule has 2 heterocycles. The van der Waals surface area contributed by atoms with Crippen molar-refractivity contribution >= 4 is 29.3 Å². The number of rotatable bonds is 3. The molecule has 4 amide bonds. The lowest BCUT2D eigenvalue weighted by Crippen LogP contribution is -2.55. The summed E-state index contributed by atoms with van der Waals surface area (Å²) in [5.41, 5.74) is 6.74. The van der Waals surface area contributed by atoms with Crippen molar-refractivity contribution in [1.29, 1.82) is 0 Å². The number of nitrogens with two attached hydrogens (primary N) is 1. The number of nitrogens with one attached hydrogen (secondary N) is 1. The summed E-state index contributed by atoms with van der Waals surface area (Å²) < 4.78 is 0. The Morgan fingerprint density at radius 2 is 2.00 bits per heavy atom. The maximum absolute atomic E-state index is 12.6. The van der Waals surface area contributed by atoms with E-state index in [9.17, 15) is 19.2 Å². The highest BCUT2D eigenvalue weighted by molar-refractivity contribution is 6.11. The van der Waals surface area contributed by atoms with Gasteiger partial charge in [0.15, 0.2) is 0 Å². The van der Waals surface area contributed by atoms with Crippen molar-refractivity contribution in [3.63, 3.8) is 0 Å². The Labute approximate surface area is 138 Å². The second-order valence-corrected chi connectivity index (χ2v) is 5.88. The standard InChI is InChI=1S/C16H18N4O4/c17-15(23)11-7-10-3-1-2-4-12(10)20(16(11)24)9-14(22)19-6-5-18-13(21)8-19/h1-4,11H,5-9H2,(H2,17,23)(H,18,21). The molecule has 0 saturated carbocycles. The fourth-order valence-electron chi connectivity index (χ4n) is 3.03. The monoisotopic (exact) mass is 330 g/mol. The molecule has 1 saturated heterocycles. The zero-order chi connectivity index (χ0) is 17.3. The summed E-state index contributed by atoms with van der Waals surface area (Å²) in [6.45, 7) is 0.543. The SMILES string of the molecule is NC(=O)C1Cc2ccccc2N(CC(=O)N2CCNC(=O)C2)C1=O. The second-order valence-electron chi connectivity index (χ2n) is 5.88. The lowest BCUT2D eigenvalue weighted by molar-refractivity contribution is -0.138. The molecule has 3 N–H and O–H groups in total. The third-order valence-corrected chi connectivity index (χ3v) is 4.30. The van der Waals surface area contributed by atoms with E-state index in [0.717, 1.165) is 5.56 Å². The summed E-state index contributed by atoms with van der Waals surface area (Å²) in [4.78, 5) is 50.8. The van der Waals surface area contributed by atoms with Gasteiger partial charge in [-0.05, 0) is 18.1 Å². The quantitative estimate of drug-likeness (QED) is 0.666. The average molecular weight is 330 g/mol. The van der Waals surface area contributed by atoms with Gasteiger partial charge in [0, 0.05) is 18.8 Å². The molecule has 0 radical (unpaired) electrons. The maximum Gasteiger partial charge on any atom is 0.243 e. The molecular weight excluding hydrogens is 312 g/mol. The minimum Gasteiger partial charge on any atom is -0.369 e. The van der Waals surface area contributed by atoms with Crippen LogP contribution in [0.5, 0.6) is 0 Å². The van der Waals surface area contributed by atoms with Gasteiger partial charge in [-0.15, -0.1) is 0 Å². The summed E-state index contributed by atoms with van der Waals surface area (Å²) in [6, 6.07) is 7.12. The predicted octanol–water partition coefficient (Wildman–Crippen LogP) is -1.36. The van der Waals surface area contributed by atoms with E-state index in [1.807, 2.05) is 12.1 Å². The smallest absolute Gasteiger partial charge is 0.243 e. The van der Waals surface area contributed by atoms with E-state index >= 15 is 0 Å². The van der Waals surface area contributed by atoms with E-state index in [-0.39, 0.29) is 31.3 Å². The van der Waals surface area contributed by atoms with Crippen LogP contribution in [0.3, 0.4) is 0 Å². The number of anilines is 1. The zero-order valence-electron chi connectivity index (χ0n) is 13.0. The van der Waals surface area contributed by atoms with E-state index in [2.05, 4.69) is 5.32 Å². The summed E-state index contributed by atoms with van der Waals surface area (Å²) in [6.07, 6.45) is 0.237. The molecule has 126 valence electrons. The first kappa shape index (κ1) is 16.0. The number of nitrogens with zero attached hydrogens (tertiary/aromatic N) is 2. The first-order chi connectivity index (χ1) is 11.5. The minimum atomic E-state index is -0.975. The largest absolute Gasteiger partial charge is 0.369 e. The Hall–Kier alpha value is -2.90. The zero-order valence-corrected chi connectivity index (χ0v) is 13.0. The number of amides is 4. The molecule has 1 aromatic carbocycles. The predicted molar refractivity (Wildman–Crippen MR) is 84.8 cm³/mol. The van der Waals surface area contributed by atoms with Crippen molar-refractivity contribution in [2.75, 3.05) is 31.1 Å². The number of piperazine rings is 1. The van der Waals surface area contributed by atoms with Gasteiger partial charge in [0.2, 0.25) is 23.6 Å². The molecule has 2 aliphatic rings. The van der Waals surface area contributed by atoms with Gasteiger partial charge in [0.1, 0.15) is 12.5 Å². The molecule has 8 nitrogen and oxygen atoms in total. The van der Waals surface area contributed by atoms with Gasteiger partial charge >= 0.3 is 0 Å². The van der Waals surface area contributed by atoms with Gasteiger partial charge in [-0.2, -0.15) is 0 Å². The number of benzene rings is 1. The minimum absolute atomic E-state index is 0.0260. The van der Waals surface area contributed by atoms with E-state index in [1.54, 1.807) is 12.1 Å². The maximum atomic E-state index is 12.6. The Kier molecular flexibility index (Phi) is 4.20. The van der Waals surface area contributed by atoms with Gasteiger partial charge < -0.3 is 20.9 Å². The average Bonchev–Trinajstić information content (AvgIpc) is 2.56. The molecule has 0 bridgehead atoms. The molecule has 1 unspecified atom stereocenters. The van der Waals surface area contributed by atoms with Crippen molar-refractivity contribution in [2.24, 2.45) is 11.7 Å². The number of fused-ring (bicyclic) bond motifs is 1. The summed E-state index contributed by atoms with van der Waals surface area (Å²) in [5.74, 6) is -2.72. The van der Waals surface area contributed by atoms with Crippen LogP contribution >= 0.6 is 0 Å². The topological polar surface area (TPSA) is 113 Å². The van der Waals surface area contributed by atoms with Gasteiger partial charge in [0.25, 0.3) is 0 Å². The third-order valence-electron chi connectivity index (χ3n) is 4.30. The van der Waals surface area contributed by atoms with E-state index < -0.39 is 17.7 Å². The lowest BCUT2D eigenvalue weighted by atomic mass is 9.91. The summed E-state index contributed by atoms with van der Waals surface area (Å²) in [7, 11) is 0. The molecule has 3 rings (SSSR count). The Morgan fingerprint density at radius 1 is 1.25 bits per heavy atom. The molecule has 0 spiro atoms. The molecule has 2 aliphatic heterocycles. The van der Waals surface area contributed by atoms with Gasteiger partial charge in [-0.25, -0.2) is 0 Å². The van der Waals surface area contributed by atoms with E-state index in [0.29, 0.717) is 18.8 Å². The number of hydrogen-bond donors (Lipinski definition) is 2. The van der Waals surface area contributed by atoms with Crippen LogP contribution in [0, 0.1) is 5.92 Å². The Balaban J connectivity index is 1.85. The molecule has 0 aromatic heterocycles. The molecule has 24 heavy (non-hydrogen) atoms. The number of carbonyl (C=O) groups excluding carboxylic acids is 4. The van der Waals surface area contributed by atoms with Crippen molar-refractivity contribution in [3.8, 4) is 0 Å². The molecule has 1 fully saturated rings. The van der Waals surface area contributed by atoms with Gasteiger partial charge in [0.05, 0.1) is 6.54 Å². The molecule has 8 heteroatoms. The van der Waals surface area contributed by atoms with Crippen LogP contribution in [0.2, 0.25) is 0 Å². The number of carbonyl (C=O) groups is 4. The Bertz CT molecular complexity index is 718.